The number of nitrogens with zero attached hydrogens (tertiary/aromatic N) is 2. The van der Waals surface area contributed by atoms with Gasteiger partial charge in [0.2, 0.25) is 0 Å². The molecule has 2 atom stereocenters. The van der Waals surface area contributed by atoms with Gasteiger partial charge in [0.1, 0.15) is 5.54 Å². The smallest absolute Gasteiger partial charge is 0.326 e. The third-order valence-corrected chi connectivity index (χ3v) is 4.51. The molecule has 112 valence electrons. The molecule has 1 fully saturated rings. The van der Waals surface area contributed by atoms with Crippen molar-refractivity contribution in [2.75, 3.05) is 13.7 Å². The van der Waals surface area contributed by atoms with E-state index < -0.39 is 5.54 Å². The zero-order valence-electron chi connectivity index (χ0n) is 12.5. The number of aromatic nitrogens is 2. The van der Waals surface area contributed by atoms with Gasteiger partial charge >= 0.3 is 5.97 Å². The Morgan fingerprint density at radius 3 is 3.10 bits per heavy atom. The van der Waals surface area contributed by atoms with Gasteiger partial charge in [-0.15, -0.1) is 0 Å². The lowest BCUT2D eigenvalue weighted by atomic mass is 9.98. The summed E-state index contributed by atoms with van der Waals surface area (Å²) in [6, 6.07) is 8.37. The van der Waals surface area contributed by atoms with Crippen LogP contribution >= 0.6 is 0 Å². The number of likely N-dealkylation sites (N-methyl/N-ethyl adjacent to an activating group) is 1. The van der Waals surface area contributed by atoms with Crippen LogP contribution in [0.15, 0.2) is 30.6 Å². The van der Waals surface area contributed by atoms with Crippen LogP contribution in [-0.2, 0) is 9.53 Å². The van der Waals surface area contributed by atoms with Crippen molar-refractivity contribution in [2.24, 2.45) is 0 Å². The zero-order valence-corrected chi connectivity index (χ0v) is 12.5. The lowest BCUT2D eigenvalue weighted by Gasteiger charge is -2.26. The Bertz CT molecular complexity index is 652. The Kier molecular flexibility index (Phi) is 3.68. The zero-order chi connectivity index (χ0) is 14.9. The SMILES string of the molecule is CCOC(=O)C1(NC)CCC(n2cnc3ccccc32)C1. The molecule has 0 amide bonds. The first-order chi connectivity index (χ1) is 10.2. The summed E-state index contributed by atoms with van der Waals surface area (Å²) in [6.07, 6.45) is 4.36. The van der Waals surface area contributed by atoms with Crippen molar-refractivity contribution in [3.8, 4) is 0 Å². The van der Waals surface area contributed by atoms with Crippen LogP contribution in [0.1, 0.15) is 32.2 Å². The maximum atomic E-state index is 12.3. The Labute approximate surface area is 124 Å². The summed E-state index contributed by atoms with van der Waals surface area (Å²) in [7, 11) is 1.84. The number of rotatable bonds is 4. The van der Waals surface area contributed by atoms with Crippen LogP contribution in [0.5, 0.6) is 0 Å². The number of esters is 1. The fraction of sp³-hybridized carbons (Fsp3) is 0.500. The first-order valence-electron chi connectivity index (χ1n) is 7.48. The first kappa shape index (κ1) is 14.1. The molecule has 0 radical (unpaired) electrons. The highest BCUT2D eigenvalue weighted by molar-refractivity contribution is 5.81. The van der Waals surface area contributed by atoms with Gasteiger partial charge in [0.25, 0.3) is 0 Å². The molecule has 5 nitrogen and oxygen atoms in total. The summed E-state index contributed by atoms with van der Waals surface area (Å²) in [5, 5.41) is 3.19. The molecule has 1 aliphatic rings. The van der Waals surface area contributed by atoms with Crippen LogP contribution in [0, 0.1) is 0 Å². The number of carbonyl (C=O) groups is 1. The van der Waals surface area contributed by atoms with Crippen molar-refractivity contribution in [1.29, 1.82) is 0 Å². The van der Waals surface area contributed by atoms with Crippen LogP contribution in [0.25, 0.3) is 11.0 Å². The average molecular weight is 287 g/mol. The van der Waals surface area contributed by atoms with Crippen molar-refractivity contribution in [2.45, 2.75) is 37.8 Å². The number of imidazole rings is 1. The third kappa shape index (κ3) is 2.31. The standard InChI is InChI=1S/C16H21N3O2/c1-3-21-15(20)16(17-2)9-8-12(10-16)19-11-18-13-6-4-5-7-14(13)19/h4-7,11-12,17H,3,8-10H2,1-2H3. The van der Waals surface area contributed by atoms with Crippen molar-refractivity contribution in [3.05, 3.63) is 30.6 Å². The van der Waals surface area contributed by atoms with Crippen LogP contribution in [0.2, 0.25) is 0 Å². The van der Waals surface area contributed by atoms with Gasteiger partial charge in [0.05, 0.1) is 24.0 Å². The van der Waals surface area contributed by atoms with E-state index in [1.807, 2.05) is 38.5 Å². The number of nitrogens with one attached hydrogen (secondary N) is 1. The van der Waals surface area contributed by atoms with Crippen molar-refractivity contribution >= 4 is 17.0 Å². The Hall–Kier alpha value is -1.88. The van der Waals surface area contributed by atoms with E-state index >= 15 is 0 Å². The fourth-order valence-corrected chi connectivity index (χ4v) is 3.31. The molecule has 21 heavy (non-hydrogen) atoms. The maximum absolute atomic E-state index is 12.3. The molecule has 1 aliphatic carbocycles. The van der Waals surface area contributed by atoms with Crippen LogP contribution in [0.3, 0.4) is 0 Å². The molecule has 2 aromatic rings. The average Bonchev–Trinajstić information content (AvgIpc) is 3.12. The highest BCUT2D eigenvalue weighted by Gasteiger charge is 2.46. The van der Waals surface area contributed by atoms with E-state index in [9.17, 15) is 4.79 Å². The van der Waals surface area contributed by atoms with Gasteiger partial charge in [-0.3, -0.25) is 4.79 Å². The summed E-state index contributed by atoms with van der Waals surface area (Å²) in [6.45, 7) is 2.26. The largest absolute Gasteiger partial charge is 0.465 e. The van der Waals surface area contributed by atoms with Crippen molar-refractivity contribution in [1.82, 2.24) is 14.9 Å². The number of carbonyl (C=O) groups excluding carboxylic acids is 1. The van der Waals surface area contributed by atoms with Crippen molar-refractivity contribution in [3.63, 3.8) is 0 Å². The molecular weight excluding hydrogens is 266 g/mol. The normalized spacial score (nSPS) is 25.3. The van der Waals surface area contributed by atoms with Gasteiger partial charge in [-0.25, -0.2) is 4.98 Å². The topological polar surface area (TPSA) is 56.1 Å². The second kappa shape index (κ2) is 5.48. The monoisotopic (exact) mass is 287 g/mol. The van der Waals surface area contributed by atoms with E-state index in [1.54, 1.807) is 0 Å². The molecule has 1 aromatic carbocycles. The minimum Gasteiger partial charge on any atom is -0.465 e. The van der Waals surface area contributed by atoms with Gasteiger partial charge in [-0.05, 0) is 45.4 Å². The van der Waals surface area contributed by atoms with Gasteiger partial charge in [0, 0.05) is 6.04 Å². The molecule has 5 heteroatoms. The lowest BCUT2D eigenvalue weighted by Crippen LogP contribution is -2.49. The summed E-state index contributed by atoms with van der Waals surface area (Å²) in [5.74, 6) is -0.139. The molecule has 1 aromatic heterocycles. The first-order valence-corrected chi connectivity index (χ1v) is 7.48. The number of ether oxygens (including phenoxy) is 1. The van der Waals surface area contributed by atoms with Crippen LogP contribution in [0.4, 0.5) is 0 Å². The van der Waals surface area contributed by atoms with E-state index in [0.29, 0.717) is 6.61 Å². The molecule has 1 heterocycles. The highest BCUT2D eigenvalue weighted by atomic mass is 16.5. The lowest BCUT2D eigenvalue weighted by molar-refractivity contribution is -0.150. The second-order valence-corrected chi connectivity index (χ2v) is 5.59. The molecule has 0 aliphatic heterocycles. The number of hydrogen-bond acceptors (Lipinski definition) is 4. The Morgan fingerprint density at radius 1 is 1.52 bits per heavy atom. The predicted molar refractivity (Wildman–Crippen MR) is 81.0 cm³/mol. The molecular formula is C16H21N3O2. The fourth-order valence-electron chi connectivity index (χ4n) is 3.31. The summed E-state index contributed by atoms with van der Waals surface area (Å²) >= 11 is 0. The molecule has 1 N–H and O–H groups in total. The van der Waals surface area contributed by atoms with E-state index in [2.05, 4.69) is 20.9 Å². The summed E-state index contributed by atoms with van der Waals surface area (Å²) < 4.78 is 7.44. The molecule has 2 unspecified atom stereocenters. The number of fused-ring (bicyclic) bond motifs is 1. The minimum absolute atomic E-state index is 0.139. The van der Waals surface area contributed by atoms with Gasteiger partial charge in [-0.2, -0.15) is 0 Å². The van der Waals surface area contributed by atoms with E-state index in [-0.39, 0.29) is 12.0 Å². The van der Waals surface area contributed by atoms with E-state index in [1.165, 1.54) is 0 Å². The Morgan fingerprint density at radius 2 is 2.33 bits per heavy atom. The summed E-state index contributed by atoms with van der Waals surface area (Å²) in [4.78, 5) is 16.7. The summed E-state index contributed by atoms with van der Waals surface area (Å²) in [5.41, 5.74) is 1.56. The van der Waals surface area contributed by atoms with Crippen LogP contribution in [-0.4, -0.2) is 34.7 Å². The predicted octanol–water partition coefficient (Wildman–Crippen LogP) is 2.28. The maximum Gasteiger partial charge on any atom is 0.326 e. The molecule has 0 bridgehead atoms. The van der Waals surface area contributed by atoms with Gasteiger partial charge in [-0.1, -0.05) is 12.1 Å². The quantitative estimate of drug-likeness (QED) is 0.877. The molecule has 0 spiro atoms. The molecule has 0 saturated heterocycles. The van der Waals surface area contributed by atoms with Gasteiger partial charge < -0.3 is 14.6 Å². The number of para-hydroxylation sites is 2. The van der Waals surface area contributed by atoms with Gasteiger partial charge in [0.15, 0.2) is 0 Å². The Balaban J connectivity index is 1.87. The minimum atomic E-state index is -0.563. The third-order valence-electron chi connectivity index (χ3n) is 4.51. The number of benzene rings is 1. The van der Waals surface area contributed by atoms with E-state index in [0.717, 1.165) is 30.3 Å². The second-order valence-electron chi connectivity index (χ2n) is 5.59. The van der Waals surface area contributed by atoms with Crippen molar-refractivity contribution < 1.29 is 9.53 Å². The highest BCUT2D eigenvalue weighted by Crippen LogP contribution is 2.39. The molecule has 3 rings (SSSR count). The van der Waals surface area contributed by atoms with E-state index in [4.69, 9.17) is 4.74 Å². The number of hydrogen-bond donors (Lipinski definition) is 1. The molecule has 1 saturated carbocycles. The van der Waals surface area contributed by atoms with Crippen LogP contribution < -0.4 is 5.32 Å².